The van der Waals surface area contributed by atoms with Crippen molar-refractivity contribution in [3.63, 3.8) is 0 Å². The predicted molar refractivity (Wildman–Crippen MR) is 52.7 cm³/mol. The molecular weight excluding hydrogens is 162 g/mol. The Hall–Kier alpha value is -0.830. The van der Waals surface area contributed by atoms with Crippen LogP contribution in [0.4, 0.5) is 0 Å². The molecule has 3 nitrogen and oxygen atoms in total. The van der Waals surface area contributed by atoms with Gasteiger partial charge in [-0.2, -0.15) is 0 Å². The van der Waals surface area contributed by atoms with Gasteiger partial charge >= 0.3 is 0 Å². The molecule has 0 saturated heterocycles. The lowest BCUT2D eigenvalue weighted by molar-refractivity contribution is 0.596. The molecule has 0 amide bonds. The van der Waals surface area contributed by atoms with Crippen molar-refractivity contribution >= 4 is 0 Å². The summed E-state index contributed by atoms with van der Waals surface area (Å²) in [5.74, 6) is 0.809. The first kappa shape index (κ1) is 8.75. The molecule has 3 heteroatoms. The molecule has 1 heterocycles. The number of aromatic nitrogens is 2. The van der Waals surface area contributed by atoms with Crippen LogP contribution in [0.2, 0.25) is 0 Å². The predicted octanol–water partition coefficient (Wildman–Crippen LogP) is 1.37. The van der Waals surface area contributed by atoms with E-state index < -0.39 is 0 Å². The summed E-state index contributed by atoms with van der Waals surface area (Å²) in [4.78, 5) is 4.20. The zero-order valence-electron chi connectivity index (χ0n) is 8.16. The maximum atomic E-state index is 4.20. The van der Waals surface area contributed by atoms with Crippen molar-refractivity contribution in [2.24, 2.45) is 0 Å². The van der Waals surface area contributed by atoms with Gasteiger partial charge in [0.15, 0.2) is 0 Å². The number of hydrogen-bond acceptors (Lipinski definition) is 2. The fourth-order valence-corrected chi connectivity index (χ4v) is 1.61. The van der Waals surface area contributed by atoms with Crippen molar-refractivity contribution in [2.45, 2.75) is 32.2 Å². The number of hydrogen-bond donors (Lipinski definition) is 1. The zero-order valence-corrected chi connectivity index (χ0v) is 8.16. The van der Waals surface area contributed by atoms with Crippen molar-refractivity contribution < 1.29 is 0 Å². The molecule has 72 valence electrons. The second-order valence-corrected chi connectivity index (χ2v) is 3.64. The van der Waals surface area contributed by atoms with Crippen LogP contribution >= 0.6 is 0 Å². The van der Waals surface area contributed by atoms with Crippen molar-refractivity contribution in [2.75, 3.05) is 13.1 Å². The van der Waals surface area contributed by atoms with E-state index in [1.165, 1.54) is 18.5 Å². The van der Waals surface area contributed by atoms with E-state index in [-0.39, 0.29) is 0 Å². The van der Waals surface area contributed by atoms with Gasteiger partial charge in [-0.25, -0.2) is 4.98 Å². The molecule has 0 atom stereocenters. The van der Waals surface area contributed by atoms with E-state index in [4.69, 9.17) is 0 Å². The molecule has 0 unspecified atom stereocenters. The van der Waals surface area contributed by atoms with Gasteiger partial charge in [0.2, 0.25) is 0 Å². The normalized spacial score (nSPS) is 16.4. The first-order chi connectivity index (χ1) is 6.42. The van der Waals surface area contributed by atoms with E-state index in [1.807, 2.05) is 12.5 Å². The molecule has 1 aliphatic rings. The van der Waals surface area contributed by atoms with Crippen molar-refractivity contribution in [1.82, 2.24) is 14.9 Å². The fraction of sp³-hybridized carbons (Fsp3) is 0.700. The lowest BCUT2D eigenvalue weighted by Gasteiger charge is -2.06. The highest BCUT2D eigenvalue weighted by molar-refractivity contribution is 5.12. The molecule has 1 N–H and O–H groups in total. The molecule has 1 fully saturated rings. The molecule has 0 bridgehead atoms. The van der Waals surface area contributed by atoms with Crippen LogP contribution < -0.4 is 5.32 Å². The summed E-state index contributed by atoms with van der Waals surface area (Å²) in [5, 5.41) is 3.32. The van der Waals surface area contributed by atoms with Gasteiger partial charge in [0, 0.05) is 30.9 Å². The lowest BCUT2D eigenvalue weighted by atomic mass is 10.3. The van der Waals surface area contributed by atoms with Crippen LogP contribution in [0.5, 0.6) is 0 Å². The summed E-state index contributed by atoms with van der Waals surface area (Å²) in [6.07, 6.45) is 6.68. The van der Waals surface area contributed by atoms with Gasteiger partial charge in [-0.3, -0.25) is 0 Å². The molecule has 1 aromatic rings. The van der Waals surface area contributed by atoms with Gasteiger partial charge in [0.05, 0.1) is 6.33 Å². The minimum atomic E-state index is 0.809. The van der Waals surface area contributed by atoms with E-state index in [2.05, 4.69) is 21.8 Å². The quantitative estimate of drug-likeness (QED) is 0.692. The topological polar surface area (TPSA) is 29.9 Å². The monoisotopic (exact) mass is 179 g/mol. The maximum Gasteiger partial charge on any atom is 0.0948 e. The van der Waals surface area contributed by atoms with Crippen molar-refractivity contribution in [1.29, 1.82) is 0 Å². The second-order valence-electron chi connectivity index (χ2n) is 3.64. The Morgan fingerprint density at radius 3 is 3.15 bits per heavy atom. The summed E-state index contributed by atoms with van der Waals surface area (Å²) < 4.78 is 2.28. The van der Waals surface area contributed by atoms with E-state index in [9.17, 15) is 0 Å². The van der Waals surface area contributed by atoms with Gasteiger partial charge in [0.25, 0.3) is 0 Å². The molecule has 13 heavy (non-hydrogen) atoms. The summed E-state index contributed by atoms with van der Waals surface area (Å²) in [5.41, 5.74) is 1.43. The summed E-state index contributed by atoms with van der Waals surface area (Å²) in [7, 11) is 0. The molecule has 1 saturated carbocycles. The molecule has 1 aromatic heterocycles. The Balaban J connectivity index is 1.90. The third-order valence-electron chi connectivity index (χ3n) is 2.52. The summed E-state index contributed by atoms with van der Waals surface area (Å²) in [6, 6.07) is 0. The Morgan fingerprint density at radius 1 is 1.62 bits per heavy atom. The SMILES string of the molecule is CCNCCn1cncc1C1CC1. The molecule has 0 aromatic carbocycles. The van der Waals surface area contributed by atoms with Crippen molar-refractivity contribution in [3.05, 3.63) is 18.2 Å². The Bertz CT molecular complexity index is 263. The number of imidazole rings is 1. The zero-order chi connectivity index (χ0) is 9.10. The van der Waals surface area contributed by atoms with Crippen molar-refractivity contribution in [3.8, 4) is 0 Å². The van der Waals surface area contributed by atoms with E-state index >= 15 is 0 Å². The van der Waals surface area contributed by atoms with Gasteiger partial charge in [-0.05, 0) is 19.4 Å². The smallest absolute Gasteiger partial charge is 0.0948 e. The third kappa shape index (κ3) is 2.10. The van der Waals surface area contributed by atoms with Crippen LogP contribution in [0.15, 0.2) is 12.5 Å². The van der Waals surface area contributed by atoms with Crippen LogP contribution in [-0.2, 0) is 6.54 Å². The standard InChI is InChI=1S/C10H17N3/c1-2-11-5-6-13-8-12-7-10(13)9-3-4-9/h7-9,11H,2-6H2,1H3. The average molecular weight is 179 g/mol. The maximum absolute atomic E-state index is 4.20. The average Bonchev–Trinajstić information content (AvgIpc) is 2.88. The fourth-order valence-electron chi connectivity index (χ4n) is 1.61. The Labute approximate surface area is 79.2 Å². The van der Waals surface area contributed by atoms with Gasteiger partial charge in [0.1, 0.15) is 0 Å². The molecule has 0 spiro atoms. The number of nitrogens with zero attached hydrogens (tertiary/aromatic N) is 2. The first-order valence-corrected chi connectivity index (χ1v) is 5.12. The second kappa shape index (κ2) is 3.92. The van der Waals surface area contributed by atoms with Gasteiger partial charge in [-0.15, -0.1) is 0 Å². The van der Waals surface area contributed by atoms with Crippen LogP contribution in [-0.4, -0.2) is 22.6 Å². The number of likely N-dealkylation sites (N-methyl/N-ethyl adjacent to an activating group) is 1. The number of nitrogens with one attached hydrogen (secondary N) is 1. The van der Waals surface area contributed by atoms with E-state index in [1.54, 1.807) is 0 Å². The Kier molecular flexibility index (Phi) is 2.64. The summed E-state index contributed by atoms with van der Waals surface area (Å²) >= 11 is 0. The van der Waals surface area contributed by atoms with E-state index in [0.717, 1.165) is 25.6 Å². The lowest BCUT2D eigenvalue weighted by Crippen LogP contribution is -2.19. The third-order valence-corrected chi connectivity index (χ3v) is 2.52. The molecule has 0 aliphatic heterocycles. The molecular formula is C10H17N3. The molecule has 0 radical (unpaired) electrons. The highest BCUT2D eigenvalue weighted by Crippen LogP contribution is 2.39. The number of rotatable bonds is 5. The highest BCUT2D eigenvalue weighted by Gasteiger charge is 2.26. The van der Waals surface area contributed by atoms with Crippen LogP contribution in [0.1, 0.15) is 31.4 Å². The largest absolute Gasteiger partial charge is 0.333 e. The molecule has 2 rings (SSSR count). The van der Waals surface area contributed by atoms with Crippen LogP contribution in [0, 0.1) is 0 Å². The molecule has 1 aliphatic carbocycles. The van der Waals surface area contributed by atoms with Gasteiger partial charge < -0.3 is 9.88 Å². The minimum absolute atomic E-state index is 0.809. The first-order valence-electron chi connectivity index (χ1n) is 5.12. The van der Waals surface area contributed by atoms with Crippen LogP contribution in [0.25, 0.3) is 0 Å². The van der Waals surface area contributed by atoms with E-state index in [0.29, 0.717) is 0 Å². The minimum Gasteiger partial charge on any atom is -0.333 e. The van der Waals surface area contributed by atoms with Crippen LogP contribution in [0.3, 0.4) is 0 Å². The Morgan fingerprint density at radius 2 is 2.46 bits per heavy atom. The highest BCUT2D eigenvalue weighted by atomic mass is 15.1. The summed E-state index contributed by atoms with van der Waals surface area (Å²) in [6.45, 7) is 5.29. The van der Waals surface area contributed by atoms with Gasteiger partial charge in [-0.1, -0.05) is 6.92 Å².